The SMILES string of the molecule is CC(OC(=O)c1oc2ccccc2c1COc1ccccc1)C(=O)Nc1ccnn1C(C)C. The van der Waals surface area contributed by atoms with Crippen LogP contribution in [0.5, 0.6) is 5.75 Å². The minimum atomic E-state index is -1.05. The van der Waals surface area contributed by atoms with Crippen LogP contribution in [0, 0.1) is 0 Å². The standard InChI is InChI=1S/C25H25N3O5/c1-16(2)28-22(13-14-26-28)27-24(29)17(3)32-25(30)23-20(15-31-18-9-5-4-6-10-18)19-11-7-8-12-21(19)33-23/h4-14,16-17H,15H2,1-3H3,(H,27,29). The van der Waals surface area contributed by atoms with Crippen LogP contribution in [0.15, 0.2) is 71.3 Å². The first kappa shape index (κ1) is 22.1. The number of hydrogen-bond donors (Lipinski definition) is 1. The highest BCUT2D eigenvalue weighted by Gasteiger charge is 2.26. The molecule has 0 aliphatic rings. The fourth-order valence-electron chi connectivity index (χ4n) is 3.40. The third kappa shape index (κ3) is 4.90. The zero-order valence-corrected chi connectivity index (χ0v) is 18.6. The zero-order chi connectivity index (χ0) is 23.4. The highest BCUT2D eigenvalue weighted by molar-refractivity contribution is 5.99. The lowest BCUT2D eigenvalue weighted by atomic mass is 10.1. The monoisotopic (exact) mass is 447 g/mol. The molecule has 4 aromatic rings. The molecule has 0 aliphatic heterocycles. The maximum Gasteiger partial charge on any atom is 0.375 e. The van der Waals surface area contributed by atoms with Gasteiger partial charge in [-0.3, -0.25) is 4.79 Å². The molecule has 0 saturated heterocycles. The average molecular weight is 447 g/mol. The fraction of sp³-hybridized carbons (Fsp3) is 0.240. The number of anilines is 1. The number of ether oxygens (including phenoxy) is 2. The van der Waals surface area contributed by atoms with Crippen molar-refractivity contribution in [3.8, 4) is 5.75 Å². The summed E-state index contributed by atoms with van der Waals surface area (Å²) >= 11 is 0. The molecule has 33 heavy (non-hydrogen) atoms. The Labute approximate surface area is 191 Å². The molecule has 4 rings (SSSR count). The number of benzene rings is 2. The number of esters is 1. The molecule has 1 amide bonds. The Balaban J connectivity index is 1.51. The smallest absolute Gasteiger partial charge is 0.375 e. The maximum atomic E-state index is 13.0. The van der Waals surface area contributed by atoms with Crippen molar-refractivity contribution >= 4 is 28.7 Å². The van der Waals surface area contributed by atoms with E-state index in [1.807, 2.05) is 62.4 Å². The predicted octanol–water partition coefficient (Wildman–Crippen LogP) is 4.97. The molecule has 0 aliphatic carbocycles. The summed E-state index contributed by atoms with van der Waals surface area (Å²) in [6, 6.07) is 18.3. The number of furan rings is 1. The number of amides is 1. The minimum Gasteiger partial charge on any atom is -0.489 e. The van der Waals surface area contributed by atoms with Crippen LogP contribution in [0.4, 0.5) is 5.82 Å². The normalized spacial score (nSPS) is 12.0. The molecule has 0 saturated carbocycles. The number of nitrogens with one attached hydrogen (secondary N) is 1. The van der Waals surface area contributed by atoms with Gasteiger partial charge >= 0.3 is 5.97 Å². The summed E-state index contributed by atoms with van der Waals surface area (Å²) in [6.07, 6.45) is 0.545. The van der Waals surface area contributed by atoms with Crippen molar-refractivity contribution in [2.75, 3.05) is 5.32 Å². The number of rotatable bonds is 8. The van der Waals surface area contributed by atoms with E-state index >= 15 is 0 Å². The highest BCUT2D eigenvalue weighted by atomic mass is 16.6. The molecule has 1 N–H and O–H groups in total. The quantitative estimate of drug-likeness (QED) is 0.383. The van der Waals surface area contributed by atoms with Crippen molar-refractivity contribution in [3.63, 3.8) is 0 Å². The van der Waals surface area contributed by atoms with E-state index in [2.05, 4.69) is 10.4 Å². The van der Waals surface area contributed by atoms with Crippen molar-refractivity contribution in [1.82, 2.24) is 9.78 Å². The van der Waals surface area contributed by atoms with Gasteiger partial charge in [0, 0.05) is 17.5 Å². The van der Waals surface area contributed by atoms with Gasteiger partial charge in [-0.1, -0.05) is 36.4 Å². The van der Waals surface area contributed by atoms with Gasteiger partial charge in [0.15, 0.2) is 6.10 Å². The molecule has 0 fully saturated rings. The van der Waals surface area contributed by atoms with Gasteiger partial charge in [-0.25, -0.2) is 9.48 Å². The van der Waals surface area contributed by atoms with Crippen molar-refractivity contribution in [2.24, 2.45) is 0 Å². The summed E-state index contributed by atoms with van der Waals surface area (Å²) in [5.74, 6) is -0.00368. The summed E-state index contributed by atoms with van der Waals surface area (Å²) < 4.78 is 18.7. The fourth-order valence-corrected chi connectivity index (χ4v) is 3.40. The lowest BCUT2D eigenvalue weighted by molar-refractivity contribution is -0.123. The number of carbonyl (C=O) groups is 2. The predicted molar refractivity (Wildman–Crippen MR) is 123 cm³/mol. The Morgan fingerprint density at radius 2 is 1.76 bits per heavy atom. The van der Waals surface area contributed by atoms with Gasteiger partial charge in [0.2, 0.25) is 5.76 Å². The molecule has 2 aromatic carbocycles. The van der Waals surface area contributed by atoms with E-state index in [1.54, 1.807) is 23.0 Å². The molecule has 2 heterocycles. The molecule has 0 bridgehead atoms. The molecule has 8 nitrogen and oxygen atoms in total. The van der Waals surface area contributed by atoms with Crippen molar-refractivity contribution in [3.05, 3.63) is 78.2 Å². The minimum absolute atomic E-state index is 0.0130. The number of aromatic nitrogens is 2. The Hall–Kier alpha value is -4.07. The van der Waals surface area contributed by atoms with Crippen LogP contribution in [0.1, 0.15) is 42.9 Å². The first-order chi connectivity index (χ1) is 15.9. The lowest BCUT2D eigenvalue weighted by Gasteiger charge is -2.15. The first-order valence-corrected chi connectivity index (χ1v) is 10.7. The van der Waals surface area contributed by atoms with Gasteiger partial charge in [-0.05, 0) is 39.0 Å². The van der Waals surface area contributed by atoms with Crippen molar-refractivity contribution in [1.29, 1.82) is 0 Å². The molecular formula is C25H25N3O5. The van der Waals surface area contributed by atoms with Crippen molar-refractivity contribution in [2.45, 2.75) is 39.5 Å². The molecule has 8 heteroatoms. The maximum absolute atomic E-state index is 13.0. The van der Waals surface area contributed by atoms with E-state index in [-0.39, 0.29) is 18.4 Å². The number of carbonyl (C=O) groups excluding carboxylic acids is 2. The van der Waals surface area contributed by atoms with Gasteiger partial charge in [-0.15, -0.1) is 0 Å². The van der Waals surface area contributed by atoms with Gasteiger partial charge in [0.25, 0.3) is 5.91 Å². The van der Waals surface area contributed by atoms with E-state index in [0.29, 0.717) is 22.7 Å². The Kier molecular flexibility index (Phi) is 6.44. The molecule has 1 atom stereocenters. The topological polar surface area (TPSA) is 95.6 Å². The number of nitrogens with zero attached hydrogens (tertiary/aromatic N) is 2. The Bertz CT molecular complexity index is 1260. The second-order valence-corrected chi connectivity index (χ2v) is 7.80. The number of para-hydroxylation sites is 2. The van der Waals surface area contributed by atoms with Crippen LogP contribution >= 0.6 is 0 Å². The van der Waals surface area contributed by atoms with E-state index in [0.717, 1.165) is 5.39 Å². The van der Waals surface area contributed by atoms with Crippen LogP contribution in [-0.2, 0) is 16.1 Å². The first-order valence-electron chi connectivity index (χ1n) is 10.7. The Morgan fingerprint density at radius 3 is 2.52 bits per heavy atom. The van der Waals surface area contributed by atoms with E-state index < -0.39 is 18.0 Å². The second-order valence-electron chi connectivity index (χ2n) is 7.80. The third-order valence-electron chi connectivity index (χ3n) is 5.07. The van der Waals surface area contributed by atoms with Crippen LogP contribution < -0.4 is 10.1 Å². The Morgan fingerprint density at radius 1 is 1.03 bits per heavy atom. The van der Waals surface area contributed by atoms with E-state index in [4.69, 9.17) is 13.9 Å². The van der Waals surface area contributed by atoms with Crippen LogP contribution in [-0.4, -0.2) is 27.8 Å². The van der Waals surface area contributed by atoms with Gasteiger partial charge < -0.3 is 19.2 Å². The van der Waals surface area contributed by atoms with Crippen LogP contribution in [0.2, 0.25) is 0 Å². The van der Waals surface area contributed by atoms with E-state index in [9.17, 15) is 9.59 Å². The molecule has 1 unspecified atom stereocenters. The van der Waals surface area contributed by atoms with Gasteiger partial charge in [0.05, 0.1) is 11.8 Å². The van der Waals surface area contributed by atoms with Gasteiger partial charge in [0.1, 0.15) is 23.8 Å². The van der Waals surface area contributed by atoms with Gasteiger partial charge in [-0.2, -0.15) is 5.10 Å². The lowest BCUT2D eigenvalue weighted by Crippen LogP contribution is -2.31. The molecular weight excluding hydrogens is 422 g/mol. The summed E-state index contributed by atoms with van der Waals surface area (Å²) in [5.41, 5.74) is 1.10. The van der Waals surface area contributed by atoms with Crippen LogP contribution in [0.25, 0.3) is 11.0 Å². The third-order valence-corrected chi connectivity index (χ3v) is 5.07. The van der Waals surface area contributed by atoms with E-state index in [1.165, 1.54) is 6.92 Å². The average Bonchev–Trinajstić information content (AvgIpc) is 3.43. The molecule has 0 spiro atoms. The molecule has 0 radical (unpaired) electrons. The van der Waals surface area contributed by atoms with Crippen molar-refractivity contribution < 1.29 is 23.5 Å². The zero-order valence-electron chi connectivity index (χ0n) is 18.6. The molecule has 170 valence electrons. The largest absolute Gasteiger partial charge is 0.489 e. The number of fused-ring (bicyclic) bond motifs is 1. The highest BCUT2D eigenvalue weighted by Crippen LogP contribution is 2.28. The number of hydrogen-bond acceptors (Lipinski definition) is 6. The summed E-state index contributed by atoms with van der Waals surface area (Å²) in [7, 11) is 0. The summed E-state index contributed by atoms with van der Waals surface area (Å²) in [5, 5.41) is 7.68. The summed E-state index contributed by atoms with van der Waals surface area (Å²) in [4.78, 5) is 25.6. The molecule has 2 aromatic heterocycles. The second kappa shape index (κ2) is 9.60. The van der Waals surface area contributed by atoms with Crippen LogP contribution in [0.3, 0.4) is 0 Å². The summed E-state index contributed by atoms with van der Waals surface area (Å²) in [6.45, 7) is 5.52.